The molecule has 0 radical (unpaired) electrons. The Bertz CT molecular complexity index is 259. The van der Waals surface area contributed by atoms with Crippen molar-refractivity contribution in [3.8, 4) is 0 Å². The van der Waals surface area contributed by atoms with E-state index in [-0.39, 0.29) is 5.41 Å². The predicted octanol–water partition coefficient (Wildman–Crippen LogP) is 4.27. The highest BCUT2D eigenvalue weighted by Gasteiger charge is 2.41. The highest BCUT2D eigenvalue weighted by molar-refractivity contribution is 9.09. The molecule has 2 nitrogen and oxygen atoms in total. The lowest BCUT2D eigenvalue weighted by molar-refractivity contribution is -0.132. The van der Waals surface area contributed by atoms with Crippen LogP contribution >= 0.6 is 15.9 Å². The van der Waals surface area contributed by atoms with E-state index >= 15 is 0 Å². The molecule has 0 aromatic heterocycles. The molecule has 1 rings (SSSR count). The molecule has 0 heterocycles. The fourth-order valence-electron chi connectivity index (χ4n) is 3.19. The third kappa shape index (κ3) is 4.56. The first-order chi connectivity index (χ1) is 8.50. The van der Waals surface area contributed by atoms with Crippen LogP contribution in [0.2, 0.25) is 0 Å². The molecule has 1 aliphatic carbocycles. The van der Waals surface area contributed by atoms with Crippen LogP contribution < -0.4 is 5.32 Å². The minimum absolute atomic E-state index is 0.0587. The monoisotopic (exact) mass is 317 g/mol. The van der Waals surface area contributed by atoms with Gasteiger partial charge in [-0.2, -0.15) is 0 Å². The lowest BCUT2D eigenvalue weighted by Gasteiger charge is -2.31. The Labute approximate surface area is 120 Å². The van der Waals surface area contributed by atoms with Crippen LogP contribution in [0.4, 0.5) is 0 Å². The van der Waals surface area contributed by atoms with Gasteiger partial charge in [0.05, 0.1) is 0 Å². The van der Waals surface area contributed by atoms with Crippen LogP contribution in [0.1, 0.15) is 65.7 Å². The van der Waals surface area contributed by atoms with Gasteiger partial charge in [0.2, 0.25) is 5.91 Å². The number of carbonyl (C=O) groups excluding carboxylic acids is 1. The number of hydrogen-bond donors (Lipinski definition) is 1. The molecule has 0 aromatic rings. The van der Waals surface area contributed by atoms with Crippen LogP contribution in [0.5, 0.6) is 0 Å². The Morgan fingerprint density at radius 2 is 1.89 bits per heavy atom. The maximum absolute atomic E-state index is 12.6. The Morgan fingerprint density at radius 3 is 2.39 bits per heavy atom. The molecule has 1 N–H and O–H groups in total. The first kappa shape index (κ1) is 16.0. The molecule has 0 saturated heterocycles. The van der Waals surface area contributed by atoms with E-state index in [1.54, 1.807) is 0 Å². The average molecular weight is 318 g/mol. The second kappa shape index (κ2) is 7.52. The predicted molar refractivity (Wildman–Crippen MR) is 81.0 cm³/mol. The summed E-state index contributed by atoms with van der Waals surface area (Å²) in [6.45, 7) is 6.57. The van der Waals surface area contributed by atoms with Gasteiger partial charge in [-0.3, -0.25) is 4.79 Å². The Morgan fingerprint density at radius 1 is 1.28 bits per heavy atom. The highest BCUT2D eigenvalue weighted by atomic mass is 79.9. The Hall–Kier alpha value is -0.0500. The van der Waals surface area contributed by atoms with Gasteiger partial charge in [-0.15, -0.1) is 0 Å². The van der Waals surface area contributed by atoms with Crippen molar-refractivity contribution in [1.29, 1.82) is 0 Å². The quantitative estimate of drug-likeness (QED) is 0.698. The first-order valence-electron chi connectivity index (χ1n) is 7.37. The van der Waals surface area contributed by atoms with Crippen molar-refractivity contribution in [2.75, 3.05) is 5.33 Å². The summed E-state index contributed by atoms with van der Waals surface area (Å²) in [5, 5.41) is 4.26. The number of hydrogen-bond acceptors (Lipinski definition) is 1. The van der Waals surface area contributed by atoms with Crippen LogP contribution in [0, 0.1) is 11.3 Å². The van der Waals surface area contributed by atoms with Crippen LogP contribution in [-0.4, -0.2) is 17.3 Å². The number of alkyl halides is 1. The molecule has 0 aromatic carbocycles. The Balaban J connectivity index is 2.55. The Kier molecular flexibility index (Phi) is 6.68. The topological polar surface area (TPSA) is 29.1 Å². The largest absolute Gasteiger partial charge is 0.353 e. The maximum Gasteiger partial charge on any atom is 0.226 e. The number of amides is 1. The van der Waals surface area contributed by atoms with Gasteiger partial charge in [0.1, 0.15) is 0 Å². The van der Waals surface area contributed by atoms with E-state index in [1.807, 2.05) is 0 Å². The molecule has 0 spiro atoms. The smallest absolute Gasteiger partial charge is 0.226 e. The molecule has 106 valence electrons. The van der Waals surface area contributed by atoms with Gasteiger partial charge < -0.3 is 5.32 Å². The van der Waals surface area contributed by atoms with E-state index in [9.17, 15) is 4.79 Å². The summed E-state index contributed by atoms with van der Waals surface area (Å²) in [5.74, 6) is 0.919. The lowest BCUT2D eigenvalue weighted by Crippen LogP contribution is -2.44. The van der Waals surface area contributed by atoms with Crippen LogP contribution in [0.15, 0.2) is 0 Å². The van der Waals surface area contributed by atoms with Crippen LogP contribution in [0.25, 0.3) is 0 Å². The molecular weight excluding hydrogens is 290 g/mol. The zero-order valence-electron chi connectivity index (χ0n) is 12.1. The lowest BCUT2D eigenvalue weighted by atomic mass is 9.77. The summed E-state index contributed by atoms with van der Waals surface area (Å²) < 4.78 is 0. The second-order valence-electron chi connectivity index (χ2n) is 6.29. The zero-order chi connectivity index (χ0) is 13.6. The molecule has 0 aliphatic heterocycles. The van der Waals surface area contributed by atoms with Crippen LogP contribution in [-0.2, 0) is 4.79 Å². The van der Waals surface area contributed by atoms with E-state index in [1.165, 1.54) is 12.8 Å². The number of rotatable bonds is 7. The van der Waals surface area contributed by atoms with E-state index < -0.39 is 0 Å². The van der Waals surface area contributed by atoms with Gasteiger partial charge in [-0.1, -0.05) is 42.6 Å². The number of halogens is 1. The van der Waals surface area contributed by atoms with Gasteiger partial charge in [0, 0.05) is 16.8 Å². The van der Waals surface area contributed by atoms with Crippen LogP contribution in [0.3, 0.4) is 0 Å². The standard InChI is InChI=1S/C15H28BrNO/c1-12(2)11-15(8-4-5-9-15)14(18)17-13(3)7-6-10-16/h12-13H,4-11H2,1-3H3,(H,17,18). The molecule has 1 aliphatic rings. The van der Waals surface area contributed by atoms with Gasteiger partial charge in [-0.05, 0) is 44.9 Å². The molecule has 1 saturated carbocycles. The summed E-state index contributed by atoms with van der Waals surface area (Å²) in [4.78, 5) is 12.6. The molecule has 1 unspecified atom stereocenters. The van der Waals surface area contributed by atoms with Gasteiger partial charge in [0.15, 0.2) is 0 Å². The van der Waals surface area contributed by atoms with E-state index in [0.29, 0.717) is 17.9 Å². The number of nitrogens with one attached hydrogen (secondary N) is 1. The van der Waals surface area contributed by atoms with Crippen molar-refractivity contribution in [2.24, 2.45) is 11.3 Å². The summed E-state index contributed by atoms with van der Waals surface area (Å²) in [5.41, 5.74) is -0.0587. The third-order valence-electron chi connectivity index (χ3n) is 3.99. The fourth-order valence-corrected chi connectivity index (χ4v) is 3.51. The highest BCUT2D eigenvalue weighted by Crippen LogP contribution is 2.43. The van der Waals surface area contributed by atoms with Gasteiger partial charge in [0.25, 0.3) is 0 Å². The molecule has 1 amide bonds. The number of carbonyl (C=O) groups is 1. The normalized spacial score (nSPS) is 20.1. The molecule has 0 bridgehead atoms. The summed E-state index contributed by atoms with van der Waals surface area (Å²) >= 11 is 3.44. The first-order valence-corrected chi connectivity index (χ1v) is 8.49. The molecule has 1 fully saturated rings. The summed E-state index contributed by atoms with van der Waals surface area (Å²) in [7, 11) is 0. The molecule has 3 heteroatoms. The molecule has 18 heavy (non-hydrogen) atoms. The van der Waals surface area contributed by atoms with E-state index in [0.717, 1.165) is 37.4 Å². The maximum atomic E-state index is 12.6. The zero-order valence-corrected chi connectivity index (χ0v) is 13.7. The summed E-state index contributed by atoms with van der Waals surface area (Å²) in [6, 6.07) is 0.305. The van der Waals surface area contributed by atoms with Gasteiger partial charge >= 0.3 is 0 Å². The third-order valence-corrected chi connectivity index (χ3v) is 4.55. The van der Waals surface area contributed by atoms with Gasteiger partial charge in [-0.25, -0.2) is 0 Å². The fraction of sp³-hybridized carbons (Fsp3) is 0.933. The molecular formula is C15H28BrNO. The minimum Gasteiger partial charge on any atom is -0.353 e. The van der Waals surface area contributed by atoms with Crippen molar-refractivity contribution in [3.63, 3.8) is 0 Å². The van der Waals surface area contributed by atoms with Crippen molar-refractivity contribution in [2.45, 2.75) is 71.8 Å². The van der Waals surface area contributed by atoms with Crippen molar-refractivity contribution < 1.29 is 4.79 Å². The molecule has 1 atom stereocenters. The van der Waals surface area contributed by atoms with Crippen molar-refractivity contribution >= 4 is 21.8 Å². The summed E-state index contributed by atoms with van der Waals surface area (Å²) in [6.07, 6.45) is 7.84. The minimum atomic E-state index is -0.0587. The van der Waals surface area contributed by atoms with E-state index in [4.69, 9.17) is 0 Å². The van der Waals surface area contributed by atoms with Crippen molar-refractivity contribution in [1.82, 2.24) is 5.32 Å². The second-order valence-corrected chi connectivity index (χ2v) is 7.08. The van der Waals surface area contributed by atoms with Crippen molar-refractivity contribution in [3.05, 3.63) is 0 Å². The van der Waals surface area contributed by atoms with E-state index in [2.05, 4.69) is 42.0 Å². The average Bonchev–Trinajstić information content (AvgIpc) is 2.75. The SMILES string of the molecule is CC(C)CC1(C(=O)NC(C)CCCBr)CCCC1.